The molecule has 0 spiro atoms. The van der Waals surface area contributed by atoms with Crippen LogP contribution in [0.5, 0.6) is 17.2 Å². The van der Waals surface area contributed by atoms with Gasteiger partial charge in [0.25, 0.3) is 0 Å². The average molecular weight is 526 g/mol. The number of ketones is 1. The Kier molecular flexibility index (Phi) is 8.45. The van der Waals surface area contributed by atoms with Crippen molar-refractivity contribution in [1.82, 2.24) is 5.32 Å². The predicted octanol–water partition coefficient (Wildman–Crippen LogP) is 6.16. The molecule has 0 aliphatic carbocycles. The summed E-state index contributed by atoms with van der Waals surface area (Å²) in [6, 6.07) is 23.1. The van der Waals surface area contributed by atoms with Crippen molar-refractivity contribution in [2.24, 2.45) is 0 Å². The highest BCUT2D eigenvalue weighted by Gasteiger charge is 2.21. The molecule has 5 rings (SSSR count). The molecular formula is C33H35NO5. The summed E-state index contributed by atoms with van der Waals surface area (Å²) >= 11 is 0. The zero-order chi connectivity index (χ0) is 27.2. The third kappa shape index (κ3) is 5.92. The summed E-state index contributed by atoms with van der Waals surface area (Å²) in [5.41, 5.74) is 3.37. The highest BCUT2D eigenvalue weighted by Crippen LogP contribution is 2.37. The quantitative estimate of drug-likeness (QED) is 0.242. The summed E-state index contributed by atoms with van der Waals surface area (Å²) in [7, 11) is 3.22. The van der Waals surface area contributed by atoms with Gasteiger partial charge >= 0.3 is 0 Å². The third-order valence-electron chi connectivity index (χ3n) is 7.49. The molecule has 0 radical (unpaired) electrons. The minimum Gasteiger partial charge on any atom is -0.497 e. The molecule has 0 amide bonds. The van der Waals surface area contributed by atoms with Gasteiger partial charge in [-0.1, -0.05) is 24.6 Å². The topological polar surface area (TPSA) is 77.0 Å². The lowest BCUT2D eigenvalue weighted by Gasteiger charge is -2.23. The van der Waals surface area contributed by atoms with Gasteiger partial charge in [0.15, 0.2) is 5.78 Å². The molecule has 1 saturated heterocycles. The molecule has 1 aliphatic rings. The fourth-order valence-electron chi connectivity index (χ4n) is 5.33. The minimum atomic E-state index is -0.177. The maximum Gasteiger partial charge on any atom is 0.194 e. The zero-order valence-corrected chi connectivity index (χ0v) is 22.5. The third-order valence-corrected chi connectivity index (χ3v) is 7.49. The first-order chi connectivity index (χ1) is 19.1. The number of aliphatic hydroxyl groups excluding tert-OH is 1. The smallest absolute Gasteiger partial charge is 0.194 e. The van der Waals surface area contributed by atoms with Crippen molar-refractivity contribution in [3.8, 4) is 28.4 Å². The SMILES string of the molecule is COc1ccc(-c2ccc3cc(OC)ccc3c2C(=O)c2ccc(OCCC3CCCCN3)cc2)c(CO)c1. The first-order valence-electron chi connectivity index (χ1n) is 13.5. The fourth-order valence-corrected chi connectivity index (χ4v) is 5.33. The molecular weight excluding hydrogens is 490 g/mol. The number of nitrogens with one attached hydrogen (secondary N) is 1. The second kappa shape index (κ2) is 12.3. The maximum atomic E-state index is 14.1. The number of hydrogen-bond donors (Lipinski definition) is 2. The molecule has 0 bridgehead atoms. The van der Waals surface area contributed by atoms with E-state index in [1.54, 1.807) is 20.3 Å². The predicted molar refractivity (Wildman–Crippen MR) is 154 cm³/mol. The lowest BCUT2D eigenvalue weighted by atomic mass is 9.87. The first kappa shape index (κ1) is 26.7. The van der Waals surface area contributed by atoms with Crippen LogP contribution in [-0.4, -0.2) is 44.3 Å². The number of rotatable bonds is 10. The van der Waals surface area contributed by atoms with E-state index in [2.05, 4.69) is 5.32 Å². The van der Waals surface area contributed by atoms with E-state index in [9.17, 15) is 9.90 Å². The average Bonchev–Trinajstić information content (AvgIpc) is 3.00. The van der Waals surface area contributed by atoms with Crippen LogP contribution in [0.25, 0.3) is 21.9 Å². The molecule has 1 fully saturated rings. The van der Waals surface area contributed by atoms with Crippen molar-refractivity contribution >= 4 is 16.6 Å². The summed E-state index contributed by atoms with van der Waals surface area (Å²) in [4.78, 5) is 14.1. The molecule has 0 saturated carbocycles. The molecule has 1 heterocycles. The number of benzene rings is 4. The molecule has 1 unspecified atom stereocenters. The molecule has 1 atom stereocenters. The van der Waals surface area contributed by atoms with Crippen LogP contribution in [0.15, 0.2) is 72.8 Å². The number of aliphatic hydroxyl groups is 1. The van der Waals surface area contributed by atoms with Crippen LogP contribution in [0.4, 0.5) is 0 Å². The standard InChI is InChI=1S/C33H35NO5/c1-37-27-12-15-30-23(19-27)8-13-31(29-14-11-28(38-2)20-24(29)21-35)32(30)33(36)22-6-9-26(10-7-22)39-18-16-25-5-3-4-17-34-25/h6-15,19-20,25,34-35H,3-5,16-18,21H2,1-2H3. The highest BCUT2D eigenvalue weighted by molar-refractivity contribution is 6.20. The van der Waals surface area contributed by atoms with E-state index in [0.29, 0.717) is 35.1 Å². The number of carbonyl (C=O) groups is 1. The number of ether oxygens (including phenoxy) is 3. The molecule has 2 N–H and O–H groups in total. The fraction of sp³-hybridized carbons (Fsp3) is 0.303. The number of fused-ring (bicyclic) bond motifs is 1. The van der Waals surface area contributed by atoms with Crippen molar-refractivity contribution in [1.29, 1.82) is 0 Å². The Balaban J connectivity index is 1.48. The van der Waals surface area contributed by atoms with E-state index in [1.807, 2.05) is 66.7 Å². The van der Waals surface area contributed by atoms with E-state index in [4.69, 9.17) is 14.2 Å². The van der Waals surface area contributed by atoms with Gasteiger partial charge in [-0.05, 0) is 108 Å². The molecule has 4 aromatic rings. The highest BCUT2D eigenvalue weighted by atomic mass is 16.5. The van der Waals surface area contributed by atoms with E-state index in [1.165, 1.54) is 19.3 Å². The molecule has 202 valence electrons. The normalized spacial score (nSPS) is 15.2. The van der Waals surface area contributed by atoms with Gasteiger partial charge in [-0.15, -0.1) is 0 Å². The van der Waals surface area contributed by atoms with Gasteiger partial charge in [-0.25, -0.2) is 0 Å². The van der Waals surface area contributed by atoms with Crippen molar-refractivity contribution < 1.29 is 24.1 Å². The first-order valence-corrected chi connectivity index (χ1v) is 13.5. The molecule has 1 aliphatic heterocycles. The summed E-state index contributed by atoms with van der Waals surface area (Å²) in [6.45, 7) is 1.55. The van der Waals surface area contributed by atoms with E-state index in [0.717, 1.165) is 46.4 Å². The van der Waals surface area contributed by atoms with Crippen molar-refractivity contribution in [3.63, 3.8) is 0 Å². The number of carbonyl (C=O) groups excluding carboxylic acids is 1. The van der Waals surface area contributed by atoms with Crippen LogP contribution in [-0.2, 0) is 6.61 Å². The Hall–Kier alpha value is -3.87. The Morgan fingerprint density at radius 1 is 0.872 bits per heavy atom. The van der Waals surface area contributed by atoms with Gasteiger partial charge in [0.1, 0.15) is 17.2 Å². The van der Waals surface area contributed by atoms with E-state index >= 15 is 0 Å². The summed E-state index contributed by atoms with van der Waals surface area (Å²) < 4.78 is 16.8. The minimum absolute atomic E-state index is 0.0987. The van der Waals surface area contributed by atoms with Gasteiger partial charge < -0.3 is 24.6 Å². The van der Waals surface area contributed by atoms with Gasteiger partial charge in [0, 0.05) is 17.2 Å². The van der Waals surface area contributed by atoms with Crippen molar-refractivity contribution in [2.75, 3.05) is 27.4 Å². The Morgan fingerprint density at radius 2 is 1.59 bits per heavy atom. The lowest BCUT2D eigenvalue weighted by Crippen LogP contribution is -2.35. The summed E-state index contributed by atoms with van der Waals surface area (Å²) in [6.07, 6.45) is 4.69. The van der Waals surface area contributed by atoms with Gasteiger partial charge in [0.2, 0.25) is 0 Å². The largest absolute Gasteiger partial charge is 0.497 e. The molecule has 6 heteroatoms. The number of piperidine rings is 1. The van der Waals surface area contributed by atoms with Gasteiger partial charge in [0.05, 0.1) is 27.4 Å². The Labute approximate surface area is 229 Å². The monoisotopic (exact) mass is 525 g/mol. The summed E-state index contributed by atoms with van der Waals surface area (Å²) in [5.74, 6) is 2.02. The molecule has 0 aromatic heterocycles. The van der Waals surface area contributed by atoms with E-state index < -0.39 is 0 Å². The maximum absolute atomic E-state index is 14.1. The second-order valence-electron chi connectivity index (χ2n) is 9.89. The van der Waals surface area contributed by atoms with Gasteiger partial charge in [-0.3, -0.25) is 4.79 Å². The van der Waals surface area contributed by atoms with Crippen LogP contribution in [0, 0.1) is 0 Å². The Morgan fingerprint density at radius 3 is 2.31 bits per heavy atom. The van der Waals surface area contributed by atoms with Crippen LogP contribution < -0.4 is 19.5 Å². The molecule has 6 nitrogen and oxygen atoms in total. The Bertz CT molecular complexity index is 1440. The second-order valence-corrected chi connectivity index (χ2v) is 9.89. The lowest BCUT2D eigenvalue weighted by molar-refractivity contribution is 0.104. The van der Waals surface area contributed by atoms with Crippen LogP contribution >= 0.6 is 0 Å². The van der Waals surface area contributed by atoms with E-state index in [-0.39, 0.29) is 12.4 Å². The summed E-state index contributed by atoms with van der Waals surface area (Å²) in [5, 5.41) is 15.4. The zero-order valence-electron chi connectivity index (χ0n) is 22.5. The molecule has 39 heavy (non-hydrogen) atoms. The van der Waals surface area contributed by atoms with Crippen LogP contribution in [0.2, 0.25) is 0 Å². The van der Waals surface area contributed by atoms with Crippen LogP contribution in [0.3, 0.4) is 0 Å². The van der Waals surface area contributed by atoms with Crippen molar-refractivity contribution in [3.05, 3.63) is 89.5 Å². The van der Waals surface area contributed by atoms with Crippen LogP contribution in [0.1, 0.15) is 47.2 Å². The molecule has 4 aromatic carbocycles. The number of hydrogen-bond acceptors (Lipinski definition) is 6. The van der Waals surface area contributed by atoms with Gasteiger partial charge in [-0.2, -0.15) is 0 Å². The van der Waals surface area contributed by atoms with Crippen molar-refractivity contribution in [2.45, 2.75) is 38.3 Å². The number of methoxy groups -OCH3 is 2.